The molecule has 1 aromatic heterocycles. The van der Waals surface area contributed by atoms with Crippen LogP contribution in [0.2, 0.25) is 0 Å². The van der Waals surface area contributed by atoms with Crippen LogP contribution in [0.4, 0.5) is 0 Å². The Kier molecular flexibility index (Phi) is 3.23. The minimum atomic E-state index is -1.02. The lowest BCUT2D eigenvalue weighted by atomic mass is 10.1. The van der Waals surface area contributed by atoms with Crippen LogP contribution in [0, 0.1) is 0 Å². The summed E-state index contributed by atoms with van der Waals surface area (Å²) in [6.07, 6.45) is 1.25. The lowest BCUT2D eigenvalue weighted by molar-refractivity contribution is -0.148. The van der Waals surface area contributed by atoms with Crippen LogP contribution in [0.15, 0.2) is 28.7 Å². The van der Waals surface area contributed by atoms with Gasteiger partial charge in [-0.25, -0.2) is 4.79 Å². The number of carbonyl (C=O) groups is 1. The Balaban J connectivity index is 1.82. The van der Waals surface area contributed by atoms with Crippen LogP contribution < -0.4 is 0 Å². The molecule has 1 N–H and O–H groups in total. The fourth-order valence-electron chi connectivity index (χ4n) is 2.03. The molecule has 1 aromatic carbocycles. The molecule has 1 heterocycles. The second kappa shape index (κ2) is 5.05. The van der Waals surface area contributed by atoms with Gasteiger partial charge in [0, 0.05) is 18.6 Å². The zero-order chi connectivity index (χ0) is 14.1. The van der Waals surface area contributed by atoms with E-state index in [0.717, 1.165) is 18.4 Å². The molecule has 0 radical (unpaired) electrons. The highest BCUT2D eigenvalue weighted by Crippen LogP contribution is 2.39. The third-order valence-corrected chi connectivity index (χ3v) is 3.29. The Morgan fingerprint density at radius 2 is 2.05 bits per heavy atom. The highest BCUT2D eigenvalue weighted by atomic mass is 16.5. The molecular formula is C14H14N2O4. The van der Waals surface area contributed by atoms with Crippen molar-refractivity contribution in [2.45, 2.75) is 24.9 Å². The molecule has 0 bridgehead atoms. The summed E-state index contributed by atoms with van der Waals surface area (Å²) >= 11 is 0. The van der Waals surface area contributed by atoms with Crippen molar-refractivity contribution in [1.29, 1.82) is 0 Å². The monoisotopic (exact) mass is 274 g/mol. The summed E-state index contributed by atoms with van der Waals surface area (Å²) in [7, 11) is 1.37. The van der Waals surface area contributed by atoms with E-state index in [2.05, 4.69) is 10.2 Å². The van der Waals surface area contributed by atoms with E-state index in [1.54, 1.807) is 24.3 Å². The van der Waals surface area contributed by atoms with E-state index >= 15 is 0 Å². The molecule has 104 valence electrons. The summed E-state index contributed by atoms with van der Waals surface area (Å²) in [5.41, 5.74) is 1.35. The summed E-state index contributed by atoms with van der Waals surface area (Å²) in [6, 6.07) is 6.90. The predicted octanol–water partition coefficient (Wildman–Crippen LogP) is 2.39. The van der Waals surface area contributed by atoms with Gasteiger partial charge in [-0.05, 0) is 30.5 Å². The maximum atomic E-state index is 11.0. The van der Waals surface area contributed by atoms with Gasteiger partial charge in [-0.1, -0.05) is 12.1 Å². The van der Waals surface area contributed by atoms with Crippen molar-refractivity contribution >= 4 is 5.97 Å². The van der Waals surface area contributed by atoms with Gasteiger partial charge < -0.3 is 14.3 Å². The van der Waals surface area contributed by atoms with Gasteiger partial charge in [-0.3, -0.25) is 0 Å². The Morgan fingerprint density at radius 1 is 1.35 bits per heavy atom. The molecule has 1 unspecified atom stereocenters. The Morgan fingerprint density at radius 3 is 2.60 bits per heavy atom. The molecule has 20 heavy (non-hydrogen) atoms. The smallest absolute Gasteiger partial charge is 0.337 e. The van der Waals surface area contributed by atoms with E-state index in [-0.39, 0.29) is 0 Å². The van der Waals surface area contributed by atoms with Gasteiger partial charge in [-0.2, -0.15) is 0 Å². The van der Waals surface area contributed by atoms with Crippen LogP contribution in [0.1, 0.15) is 36.3 Å². The second-order valence-electron chi connectivity index (χ2n) is 4.80. The standard InChI is InChI=1S/C14H14N2O4/c1-19-11(14(17)18)8-2-4-9(5-3-8)12-15-16-13(20-12)10-6-7-10/h2-5,10-11H,6-7H2,1H3,(H,17,18). The number of hydrogen-bond donors (Lipinski definition) is 1. The highest BCUT2D eigenvalue weighted by Gasteiger charge is 2.29. The van der Waals surface area contributed by atoms with E-state index in [1.165, 1.54) is 7.11 Å². The maximum absolute atomic E-state index is 11.0. The number of benzene rings is 1. The zero-order valence-corrected chi connectivity index (χ0v) is 10.9. The van der Waals surface area contributed by atoms with Gasteiger partial charge >= 0.3 is 5.97 Å². The minimum Gasteiger partial charge on any atom is -0.479 e. The number of rotatable bonds is 5. The first-order valence-electron chi connectivity index (χ1n) is 6.38. The van der Waals surface area contributed by atoms with Gasteiger partial charge in [-0.15, -0.1) is 10.2 Å². The number of methoxy groups -OCH3 is 1. The van der Waals surface area contributed by atoms with Crippen LogP contribution in [0.5, 0.6) is 0 Å². The molecule has 1 atom stereocenters. The fraction of sp³-hybridized carbons (Fsp3) is 0.357. The second-order valence-corrected chi connectivity index (χ2v) is 4.80. The van der Waals surface area contributed by atoms with Crippen molar-refractivity contribution < 1.29 is 19.1 Å². The SMILES string of the molecule is COC(C(=O)O)c1ccc(-c2nnc(C3CC3)o2)cc1. The first-order valence-corrected chi connectivity index (χ1v) is 6.38. The lowest BCUT2D eigenvalue weighted by Gasteiger charge is -2.10. The van der Waals surface area contributed by atoms with Crippen LogP contribution in [0.3, 0.4) is 0 Å². The van der Waals surface area contributed by atoms with Crippen LogP contribution >= 0.6 is 0 Å². The van der Waals surface area contributed by atoms with Gasteiger partial charge in [0.1, 0.15) is 0 Å². The van der Waals surface area contributed by atoms with Gasteiger partial charge in [0.15, 0.2) is 6.10 Å². The number of hydrogen-bond acceptors (Lipinski definition) is 5. The zero-order valence-electron chi connectivity index (χ0n) is 10.9. The molecule has 6 nitrogen and oxygen atoms in total. The fourth-order valence-corrected chi connectivity index (χ4v) is 2.03. The van der Waals surface area contributed by atoms with E-state index in [1.807, 2.05) is 0 Å². The Bertz CT molecular complexity index is 616. The van der Waals surface area contributed by atoms with Crippen molar-refractivity contribution in [3.8, 4) is 11.5 Å². The molecule has 0 amide bonds. The molecule has 3 rings (SSSR count). The van der Waals surface area contributed by atoms with Crippen LogP contribution in [0.25, 0.3) is 11.5 Å². The van der Waals surface area contributed by atoms with Gasteiger partial charge in [0.2, 0.25) is 11.8 Å². The molecule has 6 heteroatoms. The van der Waals surface area contributed by atoms with Crippen LogP contribution in [-0.2, 0) is 9.53 Å². The molecule has 1 aliphatic carbocycles. The van der Waals surface area contributed by atoms with E-state index in [4.69, 9.17) is 14.3 Å². The van der Waals surface area contributed by atoms with Crippen molar-refractivity contribution in [3.63, 3.8) is 0 Å². The third-order valence-electron chi connectivity index (χ3n) is 3.29. The van der Waals surface area contributed by atoms with E-state index < -0.39 is 12.1 Å². The lowest BCUT2D eigenvalue weighted by Crippen LogP contribution is -2.13. The number of ether oxygens (including phenoxy) is 1. The summed E-state index contributed by atoms with van der Waals surface area (Å²) in [5, 5.41) is 17.1. The van der Waals surface area contributed by atoms with E-state index in [9.17, 15) is 4.79 Å². The highest BCUT2D eigenvalue weighted by molar-refractivity contribution is 5.74. The Hall–Kier alpha value is -2.21. The molecule has 0 aliphatic heterocycles. The molecule has 0 spiro atoms. The number of aromatic nitrogens is 2. The van der Waals surface area contributed by atoms with Gasteiger partial charge in [0.25, 0.3) is 0 Å². The van der Waals surface area contributed by atoms with Gasteiger partial charge in [0.05, 0.1) is 0 Å². The van der Waals surface area contributed by atoms with E-state index in [0.29, 0.717) is 23.3 Å². The predicted molar refractivity (Wildman–Crippen MR) is 69.1 cm³/mol. The Labute approximate surface area is 115 Å². The summed E-state index contributed by atoms with van der Waals surface area (Å²) in [5.74, 6) is 0.543. The maximum Gasteiger partial charge on any atom is 0.337 e. The minimum absolute atomic E-state index is 0.417. The number of nitrogens with zero attached hydrogens (tertiary/aromatic N) is 2. The average molecular weight is 274 g/mol. The first kappa shape index (κ1) is 12.8. The molecule has 1 saturated carbocycles. The third kappa shape index (κ3) is 2.42. The average Bonchev–Trinajstić information content (AvgIpc) is 3.18. The van der Waals surface area contributed by atoms with Crippen molar-refractivity contribution in [2.24, 2.45) is 0 Å². The quantitative estimate of drug-likeness (QED) is 0.901. The molecular weight excluding hydrogens is 260 g/mol. The molecule has 0 saturated heterocycles. The van der Waals surface area contributed by atoms with Crippen molar-refractivity contribution in [3.05, 3.63) is 35.7 Å². The number of carboxylic acids is 1. The van der Waals surface area contributed by atoms with Crippen molar-refractivity contribution in [1.82, 2.24) is 10.2 Å². The molecule has 1 fully saturated rings. The summed E-state index contributed by atoms with van der Waals surface area (Å²) in [6.45, 7) is 0. The topological polar surface area (TPSA) is 85.5 Å². The first-order chi connectivity index (χ1) is 9.69. The van der Waals surface area contributed by atoms with Crippen molar-refractivity contribution in [2.75, 3.05) is 7.11 Å². The largest absolute Gasteiger partial charge is 0.479 e. The summed E-state index contributed by atoms with van der Waals surface area (Å²) < 4.78 is 10.5. The summed E-state index contributed by atoms with van der Waals surface area (Å²) in [4.78, 5) is 11.0. The van der Waals surface area contributed by atoms with Crippen LogP contribution in [-0.4, -0.2) is 28.4 Å². The number of aliphatic carboxylic acids is 1. The number of carboxylic acid groups (broad SMARTS) is 1. The molecule has 2 aromatic rings. The normalized spacial score (nSPS) is 16.1. The molecule has 1 aliphatic rings.